The molecular weight excluding hydrogens is 248 g/mol. The molecule has 17 heavy (non-hydrogen) atoms. The SMILES string of the molecule is CCCCCSc1cccc(SC)c1C(=N)N. The minimum Gasteiger partial charge on any atom is -0.384 e. The van der Waals surface area contributed by atoms with E-state index in [9.17, 15) is 0 Å². The number of hydrogen-bond acceptors (Lipinski definition) is 3. The second-order valence-electron chi connectivity index (χ2n) is 3.80. The highest BCUT2D eigenvalue weighted by atomic mass is 32.2. The first-order valence-corrected chi connectivity index (χ1v) is 8.06. The third kappa shape index (κ3) is 4.28. The van der Waals surface area contributed by atoms with Crippen LogP contribution in [-0.4, -0.2) is 17.8 Å². The summed E-state index contributed by atoms with van der Waals surface area (Å²) in [6.45, 7) is 2.21. The Morgan fingerprint density at radius 2 is 2.00 bits per heavy atom. The lowest BCUT2D eigenvalue weighted by molar-refractivity contribution is 0.778. The largest absolute Gasteiger partial charge is 0.384 e. The van der Waals surface area contributed by atoms with Gasteiger partial charge in [0.05, 0.1) is 0 Å². The highest BCUT2D eigenvalue weighted by Gasteiger charge is 2.10. The average molecular weight is 268 g/mol. The van der Waals surface area contributed by atoms with Crippen molar-refractivity contribution in [2.45, 2.75) is 36.0 Å². The molecule has 0 amide bonds. The summed E-state index contributed by atoms with van der Waals surface area (Å²) < 4.78 is 0. The fraction of sp³-hybridized carbons (Fsp3) is 0.462. The first kappa shape index (κ1) is 14.5. The number of amidine groups is 1. The molecule has 1 aromatic rings. The maximum absolute atomic E-state index is 7.69. The van der Waals surface area contributed by atoms with Crippen LogP contribution < -0.4 is 5.73 Å². The number of rotatable bonds is 7. The van der Waals surface area contributed by atoms with Gasteiger partial charge >= 0.3 is 0 Å². The predicted octanol–water partition coefficient (Wildman–Crippen LogP) is 3.97. The van der Waals surface area contributed by atoms with Gasteiger partial charge in [-0.05, 0) is 30.6 Å². The number of nitrogens with two attached hydrogens (primary N) is 1. The second-order valence-corrected chi connectivity index (χ2v) is 5.79. The molecule has 4 heteroatoms. The van der Waals surface area contributed by atoms with Gasteiger partial charge in [0.25, 0.3) is 0 Å². The molecule has 0 bridgehead atoms. The fourth-order valence-electron chi connectivity index (χ4n) is 1.60. The van der Waals surface area contributed by atoms with Crippen LogP contribution in [0.4, 0.5) is 0 Å². The molecule has 0 aliphatic carbocycles. The van der Waals surface area contributed by atoms with E-state index in [1.807, 2.05) is 30.2 Å². The lowest BCUT2D eigenvalue weighted by atomic mass is 10.2. The average Bonchev–Trinajstić information content (AvgIpc) is 2.33. The van der Waals surface area contributed by atoms with Gasteiger partial charge in [0.15, 0.2) is 0 Å². The van der Waals surface area contributed by atoms with Crippen molar-refractivity contribution in [2.75, 3.05) is 12.0 Å². The van der Waals surface area contributed by atoms with Crippen molar-refractivity contribution in [1.29, 1.82) is 5.41 Å². The molecule has 3 N–H and O–H groups in total. The van der Waals surface area contributed by atoms with E-state index in [2.05, 4.69) is 13.0 Å². The molecule has 2 nitrogen and oxygen atoms in total. The zero-order valence-electron chi connectivity index (χ0n) is 10.5. The van der Waals surface area contributed by atoms with Crippen molar-refractivity contribution in [3.8, 4) is 0 Å². The lowest BCUT2D eigenvalue weighted by Gasteiger charge is -2.11. The summed E-state index contributed by atoms with van der Waals surface area (Å²) in [6, 6.07) is 6.13. The summed E-state index contributed by atoms with van der Waals surface area (Å²) in [5.74, 6) is 1.28. The molecule has 94 valence electrons. The summed E-state index contributed by atoms with van der Waals surface area (Å²) in [5.41, 5.74) is 6.58. The second kappa shape index (κ2) is 7.67. The third-order valence-electron chi connectivity index (χ3n) is 2.48. The lowest BCUT2D eigenvalue weighted by Crippen LogP contribution is -2.13. The van der Waals surface area contributed by atoms with Crippen LogP contribution in [0.25, 0.3) is 0 Å². The summed E-state index contributed by atoms with van der Waals surface area (Å²) in [7, 11) is 0. The normalized spacial score (nSPS) is 10.5. The molecule has 0 atom stereocenters. The van der Waals surface area contributed by atoms with Gasteiger partial charge in [0, 0.05) is 15.4 Å². The minimum atomic E-state index is 0.174. The van der Waals surface area contributed by atoms with Gasteiger partial charge in [-0.3, -0.25) is 5.41 Å². The van der Waals surface area contributed by atoms with Crippen LogP contribution in [0.1, 0.15) is 31.7 Å². The van der Waals surface area contributed by atoms with E-state index in [4.69, 9.17) is 11.1 Å². The number of thioether (sulfide) groups is 2. The van der Waals surface area contributed by atoms with Gasteiger partial charge < -0.3 is 5.73 Å². The van der Waals surface area contributed by atoms with Gasteiger partial charge in [-0.15, -0.1) is 23.5 Å². The van der Waals surface area contributed by atoms with E-state index in [1.165, 1.54) is 19.3 Å². The number of nitrogens with one attached hydrogen (secondary N) is 1. The molecule has 0 spiro atoms. The smallest absolute Gasteiger partial charge is 0.125 e. The van der Waals surface area contributed by atoms with Crippen LogP contribution in [0.15, 0.2) is 28.0 Å². The minimum absolute atomic E-state index is 0.174. The van der Waals surface area contributed by atoms with Crippen molar-refractivity contribution < 1.29 is 0 Å². The van der Waals surface area contributed by atoms with Crippen molar-refractivity contribution in [2.24, 2.45) is 5.73 Å². The molecule has 0 radical (unpaired) electrons. The van der Waals surface area contributed by atoms with Crippen molar-refractivity contribution in [3.05, 3.63) is 23.8 Å². The Morgan fingerprint density at radius 1 is 1.29 bits per heavy atom. The Hall–Kier alpha value is -0.610. The van der Waals surface area contributed by atoms with E-state index in [0.717, 1.165) is 21.1 Å². The van der Waals surface area contributed by atoms with Crippen molar-refractivity contribution in [1.82, 2.24) is 0 Å². The molecular formula is C13H20N2S2. The maximum atomic E-state index is 7.69. The van der Waals surface area contributed by atoms with Crippen molar-refractivity contribution in [3.63, 3.8) is 0 Å². The number of hydrogen-bond donors (Lipinski definition) is 2. The predicted molar refractivity (Wildman–Crippen MR) is 79.5 cm³/mol. The molecule has 1 rings (SSSR count). The van der Waals surface area contributed by atoms with Crippen LogP contribution in [0.5, 0.6) is 0 Å². The van der Waals surface area contributed by atoms with Gasteiger partial charge in [-0.25, -0.2) is 0 Å². The van der Waals surface area contributed by atoms with Gasteiger partial charge in [-0.1, -0.05) is 25.8 Å². The molecule has 0 unspecified atom stereocenters. The van der Waals surface area contributed by atoms with Crippen molar-refractivity contribution >= 4 is 29.4 Å². The molecule has 0 heterocycles. The maximum Gasteiger partial charge on any atom is 0.125 e. The Morgan fingerprint density at radius 3 is 2.59 bits per heavy atom. The Labute approximate surface area is 112 Å². The highest BCUT2D eigenvalue weighted by Crippen LogP contribution is 2.30. The van der Waals surface area contributed by atoms with Crippen LogP contribution in [0.3, 0.4) is 0 Å². The Kier molecular flexibility index (Phi) is 6.52. The topological polar surface area (TPSA) is 49.9 Å². The van der Waals surface area contributed by atoms with Crippen LogP contribution in [-0.2, 0) is 0 Å². The summed E-state index contributed by atoms with van der Waals surface area (Å²) >= 11 is 3.46. The number of nitrogen functional groups attached to an aromatic ring is 1. The van der Waals surface area contributed by atoms with E-state index in [1.54, 1.807) is 11.8 Å². The van der Waals surface area contributed by atoms with E-state index in [-0.39, 0.29) is 5.84 Å². The monoisotopic (exact) mass is 268 g/mol. The molecule has 0 aromatic heterocycles. The van der Waals surface area contributed by atoms with Crippen LogP contribution in [0.2, 0.25) is 0 Å². The van der Waals surface area contributed by atoms with Crippen LogP contribution in [0, 0.1) is 5.41 Å². The van der Waals surface area contributed by atoms with E-state index in [0.29, 0.717) is 0 Å². The van der Waals surface area contributed by atoms with Gasteiger partial charge in [-0.2, -0.15) is 0 Å². The quantitative estimate of drug-likeness (QED) is 0.340. The van der Waals surface area contributed by atoms with Crippen LogP contribution >= 0.6 is 23.5 Å². The Balaban J connectivity index is 2.79. The first-order chi connectivity index (χ1) is 8.20. The molecule has 0 aliphatic rings. The molecule has 0 saturated heterocycles. The number of unbranched alkanes of at least 4 members (excludes halogenated alkanes) is 2. The third-order valence-corrected chi connectivity index (χ3v) is 4.41. The summed E-state index contributed by atoms with van der Waals surface area (Å²) in [4.78, 5) is 2.23. The molecule has 1 aromatic carbocycles. The van der Waals surface area contributed by atoms with Gasteiger partial charge in [0.2, 0.25) is 0 Å². The van der Waals surface area contributed by atoms with E-state index >= 15 is 0 Å². The summed E-state index contributed by atoms with van der Waals surface area (Å²) in [6.07, 6.45) is 5.75. The summed E-state index contributed by atoms with van der Waals surface area (Å²) in [5, 5.41) is 7.69. The fourth-order valence-corrected chi connectivity index (χ4v) is 3.41. The molecule has 0 saturated carbocycles. The van der Waals surface area contributed by atoms with Gasteiger partial charge in [0.1, 0.15) is 5.84 Å². The first-order valence-electron chi connectivity index (χ1n) is 5.84. The molecule has 0 aliphatic heterocycles. The zero-order valence-corrected chi connectivity index (χ0v) is 12.1. The Bertz CT molecular complexity index is 378. The standard InChI is InChI=1S/C13H20N2S2/c1-3-4-5-9-17-11-8-6-7-10(16-2)12(11)13(14)15/h6-8H,3-5,9H2,1-2H3,(H3,14,15). The zero-order chi connectivity index (χ0) is 12.7. The highest BCUT2D eigenvalue weighted by molar-refractivity contribution is 8.00. The molecule has 0 fully saturated rings. The number of benzene rings is 1. The van der Waals surface area contributed by atoms with E-state index < -0.39 is 0 Å².